The molecule has 0 unspecified atom stereocenters. The smallest absolute Gasteiger partial charge is 0.244 e. The number of carbonyl (C=O) groups excluding carboxylic acids is 1. The third-order valence-corrected chi connectivity index (χ3v) is 3.80. The zero-order valence-electron chi connectivity index (χ0n) is 11.5. The SMILES string of the molecule is O=C(/C=C/c1cc2ccccc2o1)NC1CCCCC1. The molecule has 1 aromatic heterocycles. The number of amides is 1. The standard InChI is InChI=1S/C17H19NO2/c19-17(18-14-7-2-1-3-8-14)11-10-15-12-13-6-4-5-9-16(13)20-15/h4-6,9-12,14H,1-3,7-8H2,(H,18,19)/b11-10+. The Bertz CT molecular complexity index is 588. The Morgan fingerprint density at radius 1 is 1.20 bits per heavy atom. The molecule has 3 heteroatoms. The van der Waals surface area contributed by atoms with Crippen LogP contribution in [0.15, 0.2) is 40.8 Å². The molecule has 0 saturated heterocycles. The number of hydrogen-bond acceptors (Lipinski definition) is 2. The fourth-order valence-corrected chi connectivity index (χ4v) is 2.74. The summed E-state index contributed by atoms with van der Waals surface area (Å²) in [4.78, 5) is 11.9. The van der Waals surface area contributed by atoms with Crippen LogP contribution in [-0.2, 0) is 4.79 Å². The maximum Gasteiger partial charge on any atom is 0.244 e. The number of carbonyl (C=O) groups is 1. The van der Waals surface area contributed by atoms with Crippen LogP contribution >= 0.6 is 0 Å². The van der Waals surface area contributed by atoms with Crippen LogP contribution in [0.25, 0.3) is 17.0 Å². The molecule has 0 spiro atoms. The van der Waals surface area contributed by atoms with Crippen LogP contribution in [-0.4, -0.2) is 11.9 Å². The Hall–Kier alpha value is -2.03. The molecule has 0 bridgehead atoms. The molecule has 1 amide bonds. The van der Waals surface area contributed by atoms with Gasteiger partial charge >= 0.3 is 0 Å². The van der Waals surface area contributed by atoms with E-state index in [0.29, 0.717) is 11.8 Å². The average molecular weight is 269 g/mol. The number of hydrogen-bond donors (Lipinski definition) is 1. The fourth-order valence-electron chi connectivity index (χ4n) is 2.74. The van der Waals surface area contributed by atoms with Gasteiger partial charge in [0, 0.05) is 17.5 Å². The fraction of sp³-hybridized carbons (Fsp3) is 0.353. The lowest BCUT2D eigenvalue weighted by atomic mass is 9.95. The molecule has 1 heterocycles. The summed E-state index contributed by atoms with van der Waals surface area (Å²) in [6.07, 6.45) is 9.23. The lowest BCUT2D eigenvalue weighted by Crippen LogP contribution is -2.34. The molecule has 1 aliphatic rings. The zero-order valence-corrected chi connectivity index (χ0v) is 11.5. The van der Waals surface area contributed by atoms with Gasteiger partial charge in [-0.1, -0.05) is 37.5 Å². The van der Waals surface area contributed by atoms with E-state index in [9.17, 15) is 4.79 Å². The molecule has 0 atom stereocenters. The number of nitrogens with one attached hydrogen (secondary N) is 1. The van der Waals surface area contributed by atoms with E-state index in [4.69, 9.17) is 4.42 Å². The van der Waals surface area contributed by atoms with Gasteiger partial charge < -0.3 is 9.73 Å². The van der Waals surface area contributed by atoms with Crippen molar-refractivity contribution in [1.82, 2.24) is 5.32 Å². The Kier molecular flexibility index (Phi) is 3.86. The van der Waals surface area contributed by atoms with Crippen molar-refractivity contribution >= 4 is 23.0 Å². The van der Waals surface area contributed by atoms with Crippen molar-refractivity contribution in [2.75, 3.05) is 0 Å². The van der Waals surface area contributed by atoms with Crippen LogP contribution < -0.4 is 5.32 Å². The van der Waals surface area contributed by atoms with Gasteiger partial charge in [0.05, 0.1) is 0 Å². The van der Waals surface area contributed by atoms with Crippen LogP contribution in [0.4, 0.5) is 0 Å². The van der Waals surface area contributed by atoms with Crippen molar-refractivity contribution in [2.24, 2.45) is 0 Å². The van der Waals surface area contributed by atoms with Crippen molar-refractivity contribution in [1.29, 1.82) is 0 Å². The quantitative estimate of drug-likeness (QED) is 0.859. The molecule has 20 heavy (non-hydrogen) atoms. The maximum absolute atomic E-state index is 11.9. The van der Waals surface area contributed by atoms with Crippen LogP contribution in [0.5, 0.6) is 0 Å². The highest BCUT2D eigenvalue weighted by atomic mass is 16.3. The summed E-state index contributed by atoms with van der Waals surface area (Å²) < 4.78 is 5.64. The second-order valence-electron chi connectivity index (χ2n) is 5.36. The molecule has 2 aromatic rings. The molecule has 1 saturated carbocycles. The molecule has 3 nitrogen and oxygen atoms in total. The molecule has 104 valence electrons. The Balaban J connectivity index is 1.62. The van der Waals surface area contributed by atoms with Gasteiger partial charge in [-0.15, -0.1) is 0 Å². The monoisotopic (exact) mass is 269 g/mol. The Morgan fingerprint density at radius 3 is 2.80 bits per heavy atom. The van der Waals surface area contributed by atoms with E-state index in [1.165, 1.54) is 19.3 Å². The number of furan rings is 1. The third kappa shape index (κ3) is 3.10. The van der Waals surface area contributed by atoms with Gasteiger partial charge in [0.1, 0.15) is 11.3 Å². The van der Waals surface area contributed by atoms with E-state index < -0.39 is 0 Å². The normalized spacial score (nSPS) is 16.8. The molecule has 1 N–H and O–H groups in total. The topological polar surface area (TPSA) is 42.2 Å². The van der Waals surface area contributed by atoms with Gasteiger partial charge in [0.2, 0.25) is 5.91 Å². The molecular formula is C17H19NO2. The summed E-state index contributed by atoms with van der Waals surface area (Å²) in [5, 5.41) is 4.11. The summed E-state index contributed by atoms with van der Waals surface area (Å²) in [6, 6.07) is 10.1. The lowest BCUT2D eigenvalue weighted by Gasteiger charge is -2.21. The summed E-state index contributed by atoms with van der Waals surface area (Å²) in [5.74, 6) is 0.683. The summed E-state index contributed by atoms with van der Waals surface area (Å²) >= 11 is 0. The second-order valence-corrected chi connectivity index (χ2v) is 5.36. The first-order valence-corrected chi connectivity index (χ1v) is 7.28. The minimum absolute atomic E-state index is 0.0302. The third-order valence-electron chi connectivity index (χ3n) is 3.80. The molecule has 3 rings (SSSR count). The first kappa shape index (κ1) is 13.0. The van der Waals surface area contributed by atoms with Gasteiger partial charge in [-0.2, -0.15) is 0 Å². The van der Waals surface area contributed by atoms with Crippen LogP contribution in [0.1, 0.15) is 37.9 Å². The number of benzene rings is 1. The summed E-state index contributed by atoms with van der Waals surface area (Å²) in [7, 11) is 0. The van der Waals surface area contributed by atoms with E-state index in [2.05, 4.69) is 5.32 Å². The number of rotatable bonds is 3. The van der Waals surface area contributed by atoms with Crippen molar-refractivity contribution in [2.45, 2.75) is 38.1 Å². The van der Waals surface area contributed by atoms with Crippen LogP contribution in [0, 0.1) is 0 Å². The Labute approximate surface area is 118 Å². The van der Waals surface area contributed by atoms with Gasteiger partial charge in [-0.25, -0.2) is 0 Å². The van der Waals surface area contributed by atoms with Gasteiger partial charge in [-0.3, -0.25) is 4.79 Å². The van der Waals surface area contributed by atoms with E-state index in [1.54, 1.807) is 12.2 Å². The molecule has 1 aromatic carbocycles. The molecule has 1 aliphatic carbocycles. The number of fused-ring (bicyclic) bond motifs is 1. The lowest BCUT2D eigenvalue weighted by molar-refractivity contribution is -0.117. The minimum atomic E-state index is -0.0302. The van der Waals surface area contributed by atoms with E-state index in [0.717, 1.165) is 23.8 Å². The predicted octanol–water partition coefficient (Wildman–Crippen LogP) is 3.89. The molecule has 0 radical (unpaired) electrons. The van der Waals surface area contributed by atoms with E-state index in [-0.39, 0.29) is 5.91 Å². The zero-order chi connectivity index (χ0) is 13.8. The van der Waals surface area contributed by atoms with Crippen LogP contribution in [0.2, 0.25) is 0 Å². The van der Waals surface area contributed by atoms with Gasteiger partial charge in [0.15, 0.2) is 0 Å². The highest BCUT2D eigenvalue weighted by Crippen LogP contribution is 2.20. The van der Waals surface area contributed by atoms with Crippen molar-refractivity contribution in [3.05, 3.63) is 42.2 Å². The number of para-hydroxylation sites is 1. The van der Waals surface area contributed by atoms with E-state index in [1.807, 2.05) is 30.3 Å². The average Bonchev–Trinajstić information content (AvgIpc) is 2.89. The molecular weight excluding hydrogens is 250 g/mol. The predicted molar refractivity (Wildman–Crippen MR) is 80.3 cm³/mol. The van der Waals surface area contributed by atoms with Crippen molar-refractivity contribution in [3.8, 4) is 0 Å². The van der Waals surface area contributed by atoms with Crippen LogP contribution in [0.3, 0.4) is 0 Å². The summed E-state index contributed by atoms with van der Waals surface area (Å²) in [5.41, 5.74) is 0.847. The van der Waals surface area contributed by atoms with Gasteiger partial charge in [0.25, 0.3) is 0 Å². The van der Waals surface area contributed by atoms with E-state index >= 15 is 0 Å². The maximum atomic E-state index is 11.9. The Morgan fingerprint density at radius 2 is 2.00 bits per heavy atom. The molecule has 0 aliphatic heterocycles. The molecule has 1 fully saturated rings. The highest BCUT2D eigenvalue weighted by Gasteiger charge is 2.14. The second kappa shape index (κ2) is 5.95. The van der Waals surface area contributed by atoms with Crippen molar-refractivity contribution in [3.63, 3.8) is 0 Å². The van der Waals surface area contributed by atoms with Gasteiger partial charge in [-0.05, 0) is 31.1 Å². The first-order chi connectivity index (χ1) is 9.81. The van der Waals surface area contributed by atoms with Crippen molar-refractivity contribution < 1.29 is 9.21 Å². The largest absolute Gasteiger partial charge is 0.457 e. The minimum Gasteiger partial charge on any atom is -0.457 e. The first-order valence-electron chi connectivity index (χ1n) is 7.28. The summed E-state index contributed by atoms with van der Waals surface area (Å²) in [6.45, 7) is 0. The highest BCUT2D eigenvalue weighted by molar-refractivity contribution is 5.92.